The summed E-state index contributed by atoms with van der Waals surface area (Å²) in [5.74, 6) is 2.18. The van der Waals surface area contributed by atoms with Crippen molar-refractivity contribution in [2.75, 3.05) is 18.5 Å². The highest BCUT2D eigenvalue weighted by molar-refractivity contribution is 6.20. The van der Waals surface area contributed by atoms with Crippen LogP contribution in [-0.4, -0.2) is 23.5 Å². The van der Waals surface area contributed by atoms with E-state index in [2.05, 4.69) is 31.1 Å². The minimum Gasteiger partial charge on any atom is -0.490 e. The van der Waals surface area contributed by atoms with E-state index in [1.165, 1.54) is 0 Å². The Balaban J connectivity index is 2.50. The van der Waals surface area contributed by atoms with Gasteiger partial charge in [-0.25, -0.2) is 4.98 Å². The number of nitrogens with one attached hydrogen (secondary N) is 1. The van der Waals surface area contributed by atoms with Crippen LogP contribution in [0.5, 0.6) is 5.75 Å². The quantitative estimate of drug-likeness (QED) is 0.727. The zero-order valence-corrected chi connectivity index (χ0v) is 12.2. The Morgan fingerprint density at radius 3 is 2.89 bits per heavy atom. The van der Waals surface area contributed by atoms with Crippen molar-refractivity contribution in [3.63, 3.8) is 0 Å². The number of hydrogen-bond acceptors (Lipinski definition) is 3. The van der Waals surface area contributed by atoms with Crippen molar-refractivity contribution < 1.29 is 4.74 Å². The Bertz CT molecular complexity index is 344. The Morgan fingerprint density at radius 1 is 1.44 bits per heavy atom. The number of ether oxygens (including phenoxy) is 1. The van der Waals surface area contributed by atoms with E-state index in [1.54, 1.807) is 6.20 Å². The van der Waals surface area contributed by atoms with Crippen LogP contribution in [0.4, 0.5) is 5.82 Å². The van der Waals surface area contributed by atoms with E-state index < -0.39 is 0 Å². The molecule has 0 bridgehead atoms. The predicted octanol–water partition coefficient (Wildman–Crippen LogP) is 3.94. The highest BCUT2D eigenvalue weighted by Crippen LogP contribution is 2.21. The van der Waals surface area contributed by atoms with E-state index in [-0.39, 0.29) is 5.38 Å². The van der Waals surface area contributed by atoms with Crippen LogP contribution in [-0.2, 0) is 0 Å². The van der Waals surface area contributed by atoms with Gasteiger partial charge in [-0.2, -0.15) is 0 Å². The normalized spacial score (nSPS) is 12.5. The first-order valence-corrected chi connectivity index (χ1v) is 7.02. The summed E-state index contributed by atoms with van der Waals surface area (Å²) in [4.78, 5) is 4.29. The molecule has 0 saturated carbocycles. The average Bonchev–Trinajstić information content (AvgIpc) is 2.34. The molecule has 1 aromatic rings. The molecule has 1 atom stereocenters. The monoisotopic (exact) mass is 270 g/mol. The van der Waals surface area contributed by atoms with E-state index in [1.807, 2.05) is 12.1 Å². The van der Waals surface area contributed by atoms with Gasteiger partial charge in [0.15, 0.2) is 11.6 Å². The summed E-state index contributed by atoms with van der Waals surface area (Å²) >= 11 is 6.25. The van der Waals surface area contributed by atoms with Gasteiger partial charge in [-0.05, 0) is 30.9 Å². The Morgan fingerprint density at radius 2 is 2.22 bits per heavy atom. The molecule has 1 heterocycles. The van der Waals surface area contributed by atoms with Gasteiger partial charge in [-0.1, -0.05) is 20.8 Å². The maximum Gasteiger partial charge on any atom is 0.168 e. The zero-order valence-electron chi connectivity index (χ0n) is 11.4. The van der Waals surface area contributed by atoms with Gasteiger partial charge in [0.05, 0.1) is 12.0 Å². The van der Waals surface area contributed by atoms with Gasteiger partial charge in [0.25, 0.3) is 0 Å². The maximum atomic E-state index is 6.25. The molecule has 4 heteroatoms. The van der Waals surface area contributed by atoms with Crippen LogP contribution >= 0.6 is 11.6 Å². The SMILES string of the molecule is CCCOc1cccnc1NCC(Cl)CC(C)C. The van der Waals surface area contributed by atoms with E-state index in [4.69, 9.17) is 16.3 Å². The number of aromatic nitrogens is 1. The molecule has 0 radical (unpaired) electrons. The van der Waals surface area contributed by atoms with Crippen molar-refractivity contribution in [3.8, 4) is 5.75 Å². The van der Waals surface area contributed by atoms with Gasteiger partial charge in [0, 0.05) is 12.7 Å². The minimum atomic E-state index is 0.117. The number of halogens is 1. The van der Waals surface area contributed by atoms with Crippen LogP contribution in [0, 0.1) is 5.92 Å². The molecule has 1 aromatic heterocycles. The van der Waals surface area contributed by atoms with Crippen LogP contribution in [0.3, 0.4) is 0 Å². The minimum absolute atomic E-state index is 0.117. The summed E-state index contributed by atoms with van der Waals surface area (Å²) < 4.78 is 5.63. The molecule has 0 fully saturated rings. The van der Waals surface area contributed by atoms with E-state index in [0.29, 0.717) is 19.1 Å². The van der Waals surface area contributed by atoms with Crippen LogP contribution < -0.4 is 10.1 Å². The standard InChI is InChI=1S/C14H23ClN2O/c1-4-8-18-13-6-5-7-16-14(13)17-10-12(15)9-11(2)3/h5-7,11-12H,4,8-10H2,1-3H3,(H,16,17). The summed E-state index contributed by atoms with van der Waals surface area (Å²) in [6.07, 6.45) is 3.74. The zero-order chi connectivity index (χ0) is 13.4. The Labute approximate surface area is 115 Å². The number of pyridine rings is 1. The van der Waals surface area contributed by atoms with Crippen molar-refractivity contribution in [2.24, 2.45) is 5.92 Å². The molecule has 0 amide bonds. The third kappa shape index (κ3) is 5.58. The summed E-state index contributed by atoms with van der Waals surface area (Å²) in [6, 6.07) is 3.80. The van der Waals surface area contributed by atoms with Crippen molar-refractivity contribution >= 4 is 17.4 Å². The predicted molar refractivity (Wildman–Crippen MR) is 77.6 cm³/mol. The van der Waals surface area contributed by atoms with Crippen LogP contribution in [0.15, 0.2) is 18.3 Å². The molecule has 0 aromatic carbocycles. The lowest BCUT2D eigenvalue weighted by molar-refractivity contribution is 0.318. The Hall–Kier alpha value is -0.960. The van der Waals surface area contributed by atoms with Gasteiger partial charge in [0.2, 0.25) is 0 Å². The lowest BCUT2D eigenvalue weighted by atomic mass is 10.1. The molecule has 1 unspecified atom stereocenters. The fourth-order valence-electron chi connectivity index (χ4n) is 1.65. The molecule has 18 heavy (non-hydrogen) atoms. The lowest BCUT2D eigenvalue weighted by Crippen LogP contribution is -2.17. The van der Waals surface area contributed by atoms with Crippen LogP contribution in [0.1, 0.15) is 33.6 Å². The first-order valence-electron chi connectivity index (χ1n) is 6.59. The Kier molecular flexibility index (Phi) is 6.88. The number of hydrogen-bond donors (Lipinski definition) is 1. The average molecular weight is 271 g/mol. The van der Waals surface area contributed by atoms with Crippen molar-refractivity contribution in [3.05, 3.63) is 18.3 Å². The number of anilines is 1. The number of alkyl halides is 1. The molecule has 1 rings (SSSR count). The van der Waals surface area contributed by atoms with Crippen LogP contribution in [0.25, 0.3) is 0 Å². The largest absolute Gasteiger partial charge is 0.490 e. The summed E-state index contributed by atoms with van der Waals surface area (Å²) in [5.41, 5.74) is 0. The van der Waals surface area contributed by atoms with E-state index >= 15 is 0 Å². The van der Waals surface area contributed by atoms with E-state index in [9.17, 15) is 0 Å². The summed E-state index contributed by atoms with van der Waals surface area (Å²) in [7, 11) is 0. The van der Waals surface area contributed by atoms with Gasteiger partial charge in [-0.15, -0.1) is 11.6 Å². The van der Waals surface area contributed by atoms with E-state index in [0.717, 1.165) is 24.4 Å². The fourth-order valence-corrected chi connectivity index (χ4v) is 2.09. The van der Waals surface area contributed by atoms with Crippen LogP contribution in [0.2, 0.25) is 0 Å². The lowest BCUT2D eigenvalue weighted by Gasteiger charge is -2.15. The molecule has 0 saturated heterocycles. The second kappa shape index (κ2) is 8.20. The molecule has 0 spiro atoms. The van der Waals surface area contributed by atoms with Gasteiger partial charge in [-0.3, -0.25) is 0 Å². The highest BCUT2D eigenvalue weighted by Gasteiger charge is 2.09. The second-order valence-electron chi connectivity index (χ2n) is 4.81. The first kappa shape index (κ1) is 15.1. The third-order valence-corrected chi connectivity index (χ3v) is 2.78. The number of rotatable bonds is 8. The molecule has 0 aliphatic heterocycles. The van der Waals surface area contributed by atoms with Gasteiger partial charge < -0.3 is 10.1 Å². The summed E-state index contributed by atoms with van der Waals surface area (Å²) in [6.45, 7) is 7.84. The maximum absolute atomic E-state index is 6.25. The van der Waals surface area contributed by atoms with Crippen molar-refractivity contribution in [1.82, 2.24) is 4.98 Å². The fraction of sp³-hybridized carbons (Fsp3) is 0.643. The first-order chi connectivity index (χ1) is 8.63. The molecule has 0 aliphatic carbocycles. The molecule has 0 aliphatic rings. The molecular weight excluding hydrogens is 248 g/mol. The summed E-state index contributed by atoms with van der Waals surface area (Å²) in [5, 5.41) is 3.38. The molecule has 1 N–H and O–H groups in total. The second-order valence-corrected chi connectivity index (χ2v) is 5.42. The highest BCUT2D eigenvalue weighted by atomic mass is 35.5. The smallest absolute Gasteiger partial charge is 0.168 e. The topological polar surface area (TPSA) is 34.1 Å². The van der Waals surface area contributed by atoms with Gasteiger partial charge >= 0.3 is 0 Å². The van der Waals surface area contributed by atoms with Gasteiger partial charge in [0.1, 0.15) is 0 Å². The molecular formula is C14H23ClN2O. The molecule has 3 nitrogen and oxygen atoms in total. The third-order valence-electron chi connectivity index (χ3n) is 2.45. The molecule has 102 valence electrons. The number of nitrogens with zero attached hydrogens (tertiary/aromatic N) is 1. The van der Waals surface area contributed by atoms with Crippen molar-refractivity contribution in [1.29, 1.82) is 0 Å². The van der Waals surface area contributed by atoms with Crippen molar-refractivity contribution in [2.45, 2.75) is 39.0 Å².